The zero-order chi connectivity index (χ0) is 25.3. The summed E-state index contributed by atoms with van der Waals surface area (Å²) >= 11 is 0. The molecule has 8 nitrogen and oxygen atoms in total. The largest absolute Gasteiger partial charge is 0.383 e. The number of ether oxygens (including phenoxy) is 1. The van der Waals surface area contributed by atoms with Gasteiger partial charge in [-0.3, -0.25) is 19.3 Å². The van der Waals surface area contributed by atoms with Crippen LogP contribution in [0.5, 0.6) is 0 Å². The van der Waals surface area contributed by atoms with Crippen molar-refractivity contribution in [2.24, 2.45) is 0 Å². The third-order valence-corrected chi connectivity index (χ3v) is 6.73. The van der Waals surface area contributed by atoms with Crippen molar-refractivity contribution in [2.45, 2.75) is 38.6 Å². The summed E-state index contributed by atoms with van der Waals surface area (Å²) < 4.78 is 19.9. The van der Waals surface area contributed by atoms with Gasteiger partial charge < -0.3 is 14.6 Å². The zero-order valence-electron chi connectivity index (χ0n) is 20.4. The minimum atomic E-state index is -1.61. The highest BCUT2D eigenvalue weighted by atomic mass is 19.1. The van der Waals surface area contributed by atoms with Gasteiger partial charge in [0.25, 0.3) is 0 Å². The summed E-state index contributed by atoms with van der Waals surface area (Å²) in [5, 5.41) is 0. The monoisotopic (exact) mass is 480 g/mol. The quantitative estimate of drug-likeness (QED) is 0.500. The molecule has 1 N–H and O–H groups in total. The number of amides is 3. The molecule has 0 saturated carbocycles. The number of likely N-dealkylation sites (tertiary alicyclic amines) is 1. The fourth-order valence-corrected chi connectivity index (χ4v) is 4.61. The number of fused-ring (bicyclic) bond motifs is 1. The van der Waals surface area contributed by atoms with Gasteiger partial charge in [-0.1, -0.05) is 18.2 Å². The SMILES string of the molecule is COCCN1C(=O)CC(CC(=O)N(C)Cc2nc3cc(C)c(C)cc3[nH]2)(c2ccccc2F)C1=O. The second-order valence-electron chi connectivity index (χ2n) is 9.15. The van der Waals surface area contributed by atoms with Crippen LogP contribution >= 0.6 is 0 Å². The number of aromatic nitrogens is 2. The number of imide groups is 1. The van der Waals surface area contributed by atoms with Gasteiger partial charge in [-0.2, -0.15) is 0 Å². The van der Waals surface area contributed by atoms with Crippen LogP contribution < -0.4 is 0 Å². The van der Waals surface area contributed by atoms with Gasteiger partial charge in [0.2, 0.25) is 17.7 Å². The lowest BCUT2D eigenvalue weighted by molar-refractivity contribution is -0.143. The third-order valence-electron chi connectivity index (χ3n) is 6.73. The number of hydrogen-bond acceptors (Lipinski definition) is 5. The number of aromatic amines is 1. The maximum Gasteiger partial charge on any atom is 0.241 e. The number of aryl methyl sites for hydroxylation is 2. The standard InChI is InChI=1S/C26H29FN4O4/c1-16-11-20-21(12-17(16)2)29-22(28-20)15-30(3)23(32)13-26(18-7-5-6-8-19(18)27)14-24(33)31(25(26)34)9-10-35-4/h5-8,11-12H,9-10,13-15H2,1-4H3,(H,28,29). The summed E-state index contributed by atoms with van der Waals surface area (Å²) in [5.41, 5.74) is 2.37. The number of carbonyl (C=O) groups is 3. The van der Waals surface area contributed by atoms with E-state index in [-0.39, 0.29) is 38.1 Å². The number of rotatable bonds is 8. The Bertz CT molecular complexity index is 1260. The Balaban J connectivity index is 1.61. The highest BCUT2D eigenvalue weighted by Crippen LogP contribution is 2.41. The van der Waals surface area contributed by atoms with Gasteiger partial charge in [0.15, 0.2) is 0 Å². The zero-order valence-corrected chi connectivity index (χ0v) is 20.4. The van der Waals surface area contributed by atoms with Gasteiger partial charge in [-0.25, -0.2) is 9.37 Å². The molecule has 1 atom stereocenters. The molecule has 3 aromatic rings. The van der Waals surface area contributed by atoms with Crippen LogP contribution in [0.2, 0.25) is 0 Å². The normalized spacial score (nSPS) is 18.0. The van der Waals surface area contributed by atoms with Gasteiger partial charge in [0.1, 0.15) is 11.6 Å². The maximum absolute atomic E-state index is 14.9. The van der Waals surface area contributed by atoms with E-state index in [1.165, 1.54) is 30.2 Å². The Morgan fingerprint density at radius 1 is 1.23 bits per heavy atom. The van der Waals surface area contributed by atoms with Crippen molar-refractivity contribution in [3.05, 3.63) is 64.7 Å². The van der Waals surface area contributed by atoms with Gasteiger partial charge in [0, 0.05) is 32.6 Å². The van der Waals surface area contributed by atoms with E-state index >= 15 is 0 Å². The molecule has 0 spiro atoms. The van der Waals surface area contributed by atoms with E-state index in [1.807, 2.05) is 26.0 Å². The molecule has 1 aromatic heterocycles. The molecule has 2 aromatic carbocycles. The number of methoxy groups -OCH3 is 1. The summed E-state index contributed by atoms with van der Waals surface area (Å²) in [6, 6.07) is 9.80. The van der Waals surface area contributed by atoms with E-state index in [1.54, 1.807) is 13.1 Å². The van der Waals surface area contributed by atoms with Crippen LogP contribution in [0, 0.1) is 19.7 Å². The molecular formula is C26H29FN4O4. The van der Waals surface area contributed by atoms with Gasteiger partial charge in [0.05, 0.1) is 36.1 Å². The first-order valence-corrected chi connectivity index (χ1v) is 11.4. The summed E-state index contributed by atoms with van der Waals surface area (Å²) in [5.74, 6) is -1.46. The smallest absolute Gasteiger partial charge is 0.241 e. The summed E-state index contributed by atoms with van der Waals surface area (Å²) in [4.78, 5) is 49.9. The van der Waals surface area contributed by atoms with Crippen LogP contribution in [-0.2, 0) is 31.1 Å². The van der Waals surface area contributed by atoms with Crippen molar-refractivity contribution >= 4 is 28.8 Å². The topological polar surface area (TPSA) is 95.6 Å². The number of nitrogens with one attached hydrogen (secondary N) is 1. The Labute approximate surface area is 203 Å². The van der Waals surface area contributed by atoms with Crippen LogP contribution in [0.15, 0.2) is 36.4 Å². The lowest BCUT2D eigenvalue weighted by Crippen LogP contribution is -2.44. The van der Waals surface area contributed by atoms with E-state index in [0.717, 1.165) is 27.1 Å². The molecule has 1 fully saturated rings. The van der Waals surface area contributed by atoms with Gasteiger partial charge >= 0.3 is 0 Å². The van der Waals surface area contributed by atoms with Crippen molar-refractivity contribution in [1.29, 1.82) is 0 Å². The lowest BCUT2D eigenvalue weighted by Gasteiger charge is -2.29. The average molecular weight is 481 g/mol. The highest BCUT2D eigenvalue weighted by molar-refractivity contribution is 6.10. The molecule has 35 heavy (non-hydrogen) atoms. The summed E-state index contributed by atoms with van der Waals surface area (Å²) in [6.45, 7) is 4.41. The van der Waals surface area contributed by atoms with E-state index in [9.17, 15) is 18.8 Å². The van der Waals surface area contributed by atoms with E-state index in [2.05, 4.69) is 9.97 Å². The van der Waals surface area contributed by atoms with Crippen LogP contribution in [0.25, 0.3) is 11.0 Å². The highest BCUT2D eigenvalue weighted by Gasteiger charge is 2.54. The van der Waals surface area contributed by atoms with Crippen LogP contribution in [0.1, 0.15) is 35.4 Å². The first-order valence-electron chi connectivity index (χ1n) is 11.4. The number of halogens is 1. The Morgan fingerprint density at radius 3 is 2.66 bits per heavy atom. The number of carbonyl (C=O) groups excluding carboxylic acids is 3. The van der Waals surface area contributed by atoms with E-state index < -0.39 is 29.0 Å². The summed E-state index contributed by atoms with van der Waals surface area (Å²) in [7, 11) is 3.07. The molecule has 4 rings (SSSR count). The van der Waals surface area contributed by atoms with Crippen LogP contribution in [0.3, 0.4) is 0 Å². The minimum absolute atomic E-state index is 0.0478. The number of H-pyrrole nitrogens is 1. The molecule has 1 aliphatic rings. The Morgan fingerprint density at radius 2 is 1.94 bits per heavy atom. The predicted molar refractivity (Wildman–Crippen MR) is 128 cm³/mol. The maximum atomic E-state index is 14.9. The number of hydrogen-bond donors (Lipinski definition) is 1. The van der Waals surface area contributed by atoms with E-state index in [4.69, 9.17) is 4.74 Å². The number of nitrogens with zero attached hydrogens (tertiary/aromatic N) is 3. The van der Waals surface area contributed by atoms with Gasteiger partial charge in [-0.05, 0) is 43.2 Å². The van der Waals surface area contributed by atoms with Crippen molar-refractivity contribution in [2.75, 3.05) is 27.3 Å². The second kappa shape index (κ2) is 9.58. The fraction of sp³-hybridized carbons (Fsp3) is 0.385. The molecule has 3 amide bonds. The number of benzene rings is 2. The summed E-state index contributed by atoms with van der Waals surface area (Å²) in [6.07, 6.45) is -0.615. The molecule has 0 bridgehead atoms. The van der Waals surface area contributed by atoms with Crippen molar-refractivity contribution < 1.29 is 23.5 Å². The number of imidazole rings is 1. The van der Waals surface area contributed by atoms with Crippen LogP contribution in [-0.4, -0.2) is 64.8 Å². The Kier molecular flexibility index (Phi) is 6.71. The molecule has 9 heteroatoms. The molecule has 1 unspecified atom stereocenters. The van der Waals surface area contributed by atoms with Crippen molar-refractivity contribution in [1.82, 2.24) is 19.8 Å². The molecular weight excluding hydrogens is 451 g/mol. The molecule has 2 heterocycles. The average Bonchev–Trinajstić information content (AvgIpc) is 3.30. The van der Waals surface area contributed by atoms with Gasteiger partial charge in [-0.15, -0.1) is 0 Å². The first kappa shape index (κ1) is 24.5. The van der Waals surface area contributed by atoms with Crippen LogP contribution in [0.4, 0.5) is 4.39 Å². The van der Waals surface area contributed by atoms with E-state index in [0.29, 0.717) is 5.82 Å². The molecule has 1 aliphatic heterocycles. The van der Waals surface area contributed by atoms with Crippen molar-refractivity contribution in [3.63, 3.8) is 0 Å². The molecule has 0 aliphatic carbocycles. The third kappa shape index (κ3) is 4.55. The van der Waals surface area contributed by atoms with Crippen molar-refractivity contribution in [3.8, 4) is 0 Å². The first-order chi connectivity index (χ1) is 16.7. The molecule has 0 radical (unpaired) electrons. The Hall–Kier alpha value is -3.59. The lowest BCUT2D eigenvalue weighted by atomic mass is 9.75. The fourth-order valence-electron chi connectivity index (χ4n) is 4.61. The molecule has 184 valence electrons. The predicted octanol–water partition coefficient (Wildman–Crippen LogP) is 3.01. The second-order valence-corrected chi connectivity index (χ2v) is 9.15. The minimum Gasteiger partial charge on any atom is -0.383 e. The molecule has 1 saturated heterocycles.